The largest absolute Gasteiger partial charge is 0.479 e. The van der Waals surface area contributed by atoms with Crippen molar-refractivity contribution in [2.75, 3.05) is 0 Å². The summed E-state index contributed by atoms with van der Waals surface area (Å²) in [6.45, 7) is 1.77. The number of ether oxygens (including phenoxy) is 1. The molecule has 1 unspecified atom stereocenters. The van der Waals surface area contributed by atoms with Crippen LogP contribution in [0, 0.1) is 11.3 Å². The maximum atomic E-state index is 11.4. The number of hydrogen-bond acceptors (Lipinski definition) is 4. The van der Waals surface area contributed by atoms with Crippen molar-refractivity contribution in [3.8, 4) is 11.8 Å². The van der Waals surface area contributed by atoms with Gasteiger partial charge in [0.15, 0.2) is 6.10 Å². The molecule has 0 saturated heterocycles. The van der Waals surface area contributed by atoms with Crippen LogP contribution in [-0.4, -0.2) is 12.0 Å². The number of carbonyl (C=O) groups excluding carboxylic acids is 1. The Balaban J connectivity index is 2.98. The Bertz CT molecular complexity index is 457. The lowest BCUT2D eigenvalue weighted by Crippen LogP contribution is -2.41. The van der Waals surface area contributed by atoms with E-state index in [9.17, 15) is 4.79 Å². The van der Waals surface area contributed by atoms with Crippen molar-refractivity contribution in [1.29, 1.82) is 5.26 Å². The number of hydrazine groups is 1. The van der Waals surface area contributed by atoms with Crippen molar-refractivity contribution < 1.29 is 9.53 Å². The van der Waals surface area contributed by atoms with Gasteiger partial charge in [-0.2, -0.15) is 5.26 Å². The molecule has 0 bridgehead atoms. The topological polar surface area (TPSA) is 88.1 Å². The summed E-state index contributed by atoms with van der Waals surface area (Å²) in [6.07, 6.45) is -0.314. The third kappa shape index (κ3) is 3.09. The van der Waals surface area contributed by atoms with Crippen LogP contribution in [0.25, 0.3) is 0 Å². The van der Waals surface area contributed by atoms with Crippen molar-refractivity contribution in [2.45, 2.75) is 19.4 Å². The zero-order valence-corrected chi connectivity index (χ0v) is 9.99. The minimum Gasteiger partial charge on any atom is -0.479 e. The molecule has 0 fully saturated rings. The molecule has 1 amide bonds. The minimum atomic E-state index is -0.745. The molecule has 0 radical (unpaired) electrons. The minimum absolute atomic E-state index is 0.206. The Morgan fingerprint density at radius 2 is 2.41 bits per heavy atom. The van der Waals surface area contributed by atoms with Crippen LogP contribution in [0.5, 0.6) is 5.75 Å². The molecule has 1 atom stereocenters. The number of halogens is 1. The van der Waals surface area contributed by atoms with Crippen molar-refractivity contribution in [1.82, 2.24) is 5.43 Å². The molecule has 0 aliphatic rings. The van der Waals surface area contributed by atoms with E-state index < -0.39 is 12.0 Å². The number of amides is 1. The fraction of sp³-hybridized carbons (Fsp3) is 0.273. The lowest BCUT2D eigenvalue weighted by Gasteiger charge is -2.16. The van der Waals surface area contributed by atoms with E-state index in [0.717, 1.165) is 0 Å². The molecule has 1 aromatic rings. The van der Waals surface area contributed by atoms with E-state index >= 15 is 0 Å². The quantitative estimate of drug-likeness (QED) is 0.482. The van der Waals surface area contributed by atoms with Gasteiger partial charge in [-0.05, 0) is 18.6 Å². The molecule has 17 heavy (non-hydrogen) atoms. The molecule has 3 N–H and O–H groups in total. The molecule has 1 aromatic carbocycles. The highest BCUT2D eigenvalue weighted by atomic mass is 35.5. The first-order valence-electron chi connectivity index (χ1n) is 4.99. The van der Waals surface area contributed by atoms with E-state index in [4.69, 9.17) is 27.4 Å². The van der Waals surface area contributed by atoms with E-state index in [0.29, 0.717) is 6.42 Å². The van der Waals surface area contributed by atoms with Gasteiger partial charge in [0.05, 0.1) is 5.02 Å². The van der Waals surface area contributed by atoms with Gasteiger partial charge in [-0.25, -0.2) is 5.84 Å². The number of hydrogen-bond donors (Lipinski definition) is 2. The first kappa shape index (κ1) is 13.3. The Kier molecular flexibility index (Phi) is 4.76. The highest BCUT2D eigenvalue weighted by Crippen LogP contribution is 2.26. The SMILES string of the molecule is CCC(Oc1cccc(Cl)c1C#N)C(=O)NN. The number of carbonyl (C=O) groups is 1. The fourth-order valence-electron chi connectivity index (χ4n) is 1.28. The van der Waals surface area contributed by atoms with Gasteiger partial charge in [0.25, 0.3) is 5.91 Å². The highest BCUT2D eigenvalue weighted by molar-refractivity contribution is 6.31. The first-order chi connectivity index (χ1) is 8.13. The van der Waals surface area contributed by atoms with Crippen LogP contribution in [0.1, 0.15) is 18.9 Å². The van der Waals surface area contributed by atoms with Gasteiger partial charge in [-0.3, -0.25) is 10.2 Å². The van der Waals surface area contributed by atoms with Crippen molar-refractivity contribution in [3.05, 3.63) is 28.8 Å². The molecule has 0 aromatic heterocycles. The maximum Gasteiger partial charge on any atom is 0.274 e. The maximum absolute atomic E-state index is 11.4. The van der Waals surface area contributed by atoms with E-state index in [1.54, 1.807) is 25.1 Å². The van der Waals surface area contributed by atoms with Gasteiger partial charge in [-0.1, -0.05) is 24.6 Å². The average Bonchev–Trinajstić information content (AvgIpc) is 2.35. The van der Waals surface area contributed by atoms with Crippen molar-refractivity contribution in [3.63, 3.8) is 0 Å². The van der Waals surface area contributed by atoms with Gasteiger partial charge in [0.2, 0.25) is 0 Å². The van der Waals surface area contributed by atoms with E-state index in [2.05, 4.69) is 0 Å². The number of nitrogens with one attached hydrogen (secondary N) is 1. The standard InChI is InChI=1S/C11H12ClN3O2/c1-2-9(11(16)15-14)17-10-5-3-4-8(12)7(10)6-13/h3-5,9H,2,14H2,1H3,(H,15,16). The lowest BCUT2D eigenvalue weighted by atomic mass is 10.2. The number of benzene rings is 1. The van der Waals surface area contributed by atoms with Gasteiger partial charge in [-0.15, -0.1) is 0 Å². The van der Waals surface area contributed by atoms with Gasteiger partial charge in [0, 0.05) is 0 Å². The highest BCUT2D eigenvalue weighted by Gasteiger charge is 2.19. The monoisotopic (exact) mass is 253 g/mol. The second-order valence-corrected chi connectivity index (χ2v) is 3.66. The second kappa shape index (κ2) is 6.09. The Morgan fingerprint density at radius 3 is 2.94 bits per heavy atom. The first-order valence-corrected chi connectivity index (χ1v) is 5.37. The van der Waals surface area contributed by atoms with Crippen LogP contribution >= 0.6 is 11.6 Å². The summed E-state index contributed by atoms with van der Waals surface area (Å²) in [5, 5.41) is 9.23. The van der Waals surface area contributed by atoms with Crippen LogP contribution in [0.15, 0.2) is 18.2 Å². The van der Waals surface area contributed by atoms with Gasteiger partial charge < -0.3 is 4.74 Å². The molecular weight excluding hydrogens is 242 g/mol. The molecule has 0 heterocycles. The molecule has 1 rings (SSSR count). The van der Waals surface area contributed by atoms with Gasteiger partial charge in [0.1, 0.15) is 17.4 Å². The molecule has 0 aliphatic heterocycles. The number of nitrogens with two attached hydrogens (primary N) is 1. The van der Waals surface area contributed by atoms with E-state index in [-0.39, 0.29) is 16.3 Å². The third-order valence-corrected chi connectivity index (χ3v) is 2.48. The Hall–Kier alpha value is -1.77. The fourth-order valence-corrected chi connectivity index (χ4v) is 1.49. The molecule has 0 saturated carbocycles. The van der Waals surface area contributed by atoms with Crippen LogP contribution in [-0.2, 0) is 4.79 Å². The van der Waals surface area contributed by atoms with Crippen molar-refractivity contribution in [2.24, 2.45) is 5.84 Å². The normalized spacial score (nSPS) is 11.4. The smallest absolute Gasteiger partial charge is 0.274 e. The molecule has 0 spiro atoms. The average molecular weight is 254 g/mol. The number of nitrogens with zero attached hydrogens (tertiary/aromatic N) is 1. The predicted octanol–water partition coefficient (Wildman–Crippen LogP) is 1.36. The van der Waals surface area contributed by atoms with Crippen LogP contribution in [0.4, 0.5) is 0 Å². The molecule has 90 valence electrons. The van der Waals surface area contributed by atoms with E-state index in [1.807, 2.05) is 11.5 Å². The third-order valence-electron chi connectivity index (χ3n) is 2.16. The number of nitriles is 1. The second-order valence-electron chi connectivity index (χ2n) is 3.25. The zero-order valence-electron chi connectivity index (χ0n) is 9.24. The Labute approximate surface area is 104 Å². The summed E-state index contributed by atoms with van der Waals surface area (Å²) in [7, 11) is 0. The van der Waals surface area contributed by atoms with Crippen molar-refractivity contribution >= 4 is 17.5 Å². The molecule has 5 nitrogen and oxygen atoms in total. The van der Waals surface area contributed by atoms with Crippen LogP contribution in [0.2, 0.25) is 5.02 Å². The summed E-state index contributed by atoms with van der Waals surface area (Å²) >= 11 is 5.84. The summed E-state index contributed by atoms with van der Waals surface area (Å²) in [5.74, 6) is 4.86. The summed E-state index contributed by atoms with van der Waals surface area (Å²) in [4.78, 5) is 11.4. The zero-order chi connectivity index (χ0) is 12.8. The summed E-state index contributed by atoms with van der Waals surface area (Å²) in [5.41, 5.74) is 2.21. The molecule has 0 aliphatic carbocycles. The van der Waals surface area contributed by atoms with Gasteiger partial charge >= 0.3 is 0 Å². The van der Waals surface area contributed by atoms with Crippen LogP contribution < -0.4 is 16.0 Å². The summed E-state index contributed by atoms with van der Waals surface area (Å²) in [6, 6.07) is 6.74. The lowest BCUT2D eigenvalue weighted by molar-refractivity contribution is -0.128. The van der Waals surface area contributed by atoms with E-state index in [1.165, 1.54) is 0 Å². The van der Waals surface area contributed by atoms with Crippen LogP contribution in [0.3, 0.4) is 0 Å². The predicted molar refractivity (Wildman–Crippen MR) is 63.2 cm³/mol. The summed E-state index contributed by atoms with van der Waals surface area (Å²) < 4.78 is 5.42. The number of rotatable bonds is 4. The molecule has 6 heteroatoms. The Morgan fingerprint density at radius 1 is 1.71 bits per heavy atom. The molecular formula is C11H12ClN3O2.